The molecule has 0 aliphatic heterocycles. The van der Waals surface area contributed by atoms with Crippen LogP contribution in [0.5, 0.6) is 5.75 Å². The Morgan fingerprint density at radius 3 is 2.78 bits per heavy atom. The van der Waals surface area contributed by atoms with Crippen molar-refractivity contribution in [2.24, 2.45) is 0 Å². The van der Waals surface area contributed by atoms with Gasteiger partial charge in [0.1, 0.15) is 17.3 Å². The highest BCUT2D eigenvalue weighted by Gasteiger charge is 2.15. The lowest BCUT2D eigenvalue weighted by Crippen LogP contribution is -2.13. The molecule has 0 saturated carbocycles. The van der Waals surface area contributed by atoms with E-state index in [0.29, 0.717) is 23.7 Å². The normalized spacial score (nSPS) is 10.7. The fourth-order valence-corrected chi connectivity index (χ4v) is 2.53. The van der Waals surface area contributed by atoms with Crippen molar-refractivity contribution in [2.45, 2.75) is 6.42 Å². The maximum Gasteiger partial charge on any atom is 0.278 e. The number of methoxy groups -OCH3 is 1. The van der Waals surface area contributed by atoms with Gasteiger partial charge in [0.2, 0.25) is 5.95 Å². The zero-order valence-electron chi connectivity index (χ0n) is 14.4. The number of ether oxygens (including phenoxy) is 1. The molecule has 27 heavy (non-hydrogen) atoms. The van der Waals surface area contributed by atoms with E-state index in [1.807, 2.05) is 24.3 Å². The largest absolute Gasteiger partial charge is 0.497 e. The van der Waals surface area contributed by atoms with E-state index >= 15 is 0 Å². The molecule has 0 aliphatic rings. The van der Waals surface area contributed by atoms with E-state index in [4.69, 9.17) is 9.15 Å². The third kappa shape index (κ3) is 3.71. The molecule has 0 radical (unpaired) electrons. The predicted molar refractivity (Wildman–Crippen MR) is 96.4 cm³/mol. The topological polar surface area (TPSA) is 122 Å². The molecular weight excluding hydrogens is 348 g/mol. The maximum absolute atomic E-state index is 12.3. The summed E-state index contributed by atoms with van der Waals surface area (Å²) in [5.74, 6) is 1.79. The smallest absolute Gasteiger partial charge is 0.278 e. The number of anilines is 1. The molecule has 4 rings (SSSR count). The second-order valence-electron chi connectivity index (χ2n) is 5.73. The molecule has 0 atom stereocenters. The average molecular weight is 364 g/mol. The van der Waals surface area contributed by atoms with E-state index in [1.54, 1.807) is 31.6 Å². The van der Waals surface area contributed by atoms with Crippen molar-refractivity contribution in [3.63, 3.8) is 0 Å². The number of H-pyrrole nitrogens is 2. The van der Waals surface area contributed by atoms with Crippen molar-refractivity contribution in [3.8, 4) is 17.2 Å². The van der Waals surface area contributed by atoms with E-state index < -0.39 is 5.91 Å². The lowest BCUT2D eigenvalue weighted by Gasteiger charge is -2.01. The van der Waals surface area contributed by atoms with Crippen LogP contribution in [0.3, 0.4) is 0 Å². The molecule has 3 aromatic heterocycles. The Hall–Kier alpha value is -3.88. The number of benzene rings is 1. The molecule has 4 aromatic rings. The van der Waals surface area contributed by atoms with Crippen LogP contribution in [-0.4, -0.2) is 38.4 Å². The van der Waals surface area contributed by atoms with Crippen LogP contribution in [0.15, 0.2) is 53.1 Å². The van der Waals surface area contributed by atoms with Crippen molar-refractivity contribution in [3.05, 3.63) is 65.8 Å². The third-order valence-electron chi connectivity index (χ3n) is 3.88. The van der Waals surface area contributed by atoms with Crippen LogP contribution < -0.4 is 10.1 Å². The van der Waals surface area contributed by atoms with E-state index in [9.17, 15) is 4.79 Å². The van der Waals surface area contributed by atoms with Gasteiger partial charge in [0.05, 0.1) is 13.4 Å². The molecule has 9 nitrogen and oxygen atoms in total. The molecule has 3 heterocycles. The van der Waals surface area contributed by atoms with Crippen LogP contribution in [0.1, 0.15) is 21.9 Å². The molecule has 1 amide bonds. The summed E-state index contributed by atoms with van der Waals surface area (Å²) >= 11 is 0. The molecular formula is C18H16N6O3. The van der Waals surface area contributed by atoms with Crippen LogP contribution in [0.4, 0.5) is 5.95 Å². The predicted octanol–water partition coefficient (Wildman–Crippen LogP) is 2.64. The molecule has 0 unspecified atom stereocenters. The first-order valence-electron chi connectivity index (χ1n) is 8.16. The van der Waals surface area contributed by atoms with Crippen LogP contribution in [0.25, 0.3) is 11.5 Å². The number of carbonyl (C=O) groups is 1. The van der Waals surface area contributed by atoms with Gasteiger partial charge in [0.15, 0.2) is 11.5 Å². The Balaban J connectivity index is 1.40. The van der Waals surface area contributed by atoms with Gasteiger partial charge in [-0.15, -0.1) is 5.10 Å². The summed E-state index contributed by atoms with van der Waals surface area (Å²) in [7, 11) is 1.62. The number of hydrogen-bond acceptors (Lipinski definition) is 6. The maximum atomic E-state index is 12.3. The summed E-state index contributed by atoms with van der Waals surface area (Å²) < 4.78 is 10.4. The second-order valence-corrected chi connectivity index (χ2v) is 5.73. The lowest BCUT2D eigenvalue weighted by molar-refractivity contribution is 0.102. The summed E-state index contributed by atoms with van der Waals surface area (Å²) in [4.78, 5) is 16.6. The number of carbonyl (C=O) groups excluding carboxylic acids is 1. The minimum atomic E-state index is -0.418. The zero-order valence-corrected chi connectivity index (χ0v) is 14.4. The van der Waals surface area contributed by atoms with Gasteiger partial charge in [0, 0.05) is 12.5 Å². The van der Waals surface area contributed by atoms with E-state index in [2.05, 4.69) is 30.7 Å². The highest BCUT2D eigenvalue weighted by atomic mass is 16.5. The number of aromatic nitrogens is 5. The number of amides is 1. The fourth-order valence-electron chi connectivity index (χ4n) is 2.53. The van der Waals surface area contributed by atoms with Gasteiger partial charge in [-0.05, 0) is 29.8 Å². The number of aromatic amines is 2. The SMILES string of the molecule is COc1ccc(Cc2nc(NC(=O)c3cc(-c4ccco4)[nH]n3)n[nH]2)cc1. The number of rotatable bonds is 6. The standard InChI is InChI=1S/C18H16N6O3/c1-26-12-6-4-11(5-7-12)9-16-19-18(24-23-16)20-17(25)14-10-13(21-22-14)15-3-2-8-27-15/h2-8,10H,9H2,1H3,(H,21,22)(H2,19,20,23,24,25). The molecule has 0 saturated heterocycles. The zero-order chi connectivity index (χ0) is 18.6. The molecule has 3 N–H and O–H groups in total. The lowest BCUT2D eigenvalue weighted by atomic mass is 10.1. The summed E-state index contributed by atoms with van der Waals surface area (Å²) in [6, 6.07) is 12.8. The highest BCUT2D eigenvalue weighted by Crippen LogP contribution is 2.18. The number of furan rings is 1. The van der Waals surface area contributed by atoms with Gasteiger partial charge < -0.3 is 9.15 Å². The summed E-state index contributed by atoms with van der Waals surface area (Å²) in [6.45, 7) is 0. The van der Waals surface area contributed by atoms with Gasteiger partial charge in [0.25, 0.3) is 5.91 Å². The first-order chi connectivity index (χ1) is 13.2. The third-order valence-corrected chi connectivity index (χ3v) is 3.88. The number of hydrogen-bond donors (Lipinski definition) is 3. The molecule has 0 bridgehead atoms. The fraction of sp³-hybridized carbons (Fsp3) is 0.111. The Morgan fingerprint density at radius 1 is 1.19 bits per heavy atom. The van der Waals surface area contributed by atoms with Crippen LogP contribution in [0.2, 0.25) is 0 Å². The van der Waals surface area contributed by atoms with Gasteiger partial charge in [-0.3, -0.25) is 20.3 Å². The minimum Gasteiger partial charge on any atom is -0.497 e. The van der Waals surface area contributed by atoms with Crippen molar-refractivity contribution in [1.29, 1.82) is 0 Å². The van der Waals surface area contributed by atoms with E-state index in [-0.39, 0.29) is 11.6 Å². The van der Waals surface area contributed by atoms with Crippen LogP contribution >= 0.6 is 0 Å². The molecule has 0 fully saturated rings. The molecule has 9 heteroatoms. The van der Waals surface area contributed by atoms with Crippen LogP contribution in [-0.2, 0) is 6.42 Å². The molecule has 0 spiro atoms. The van der Waals surface area contributed by atoms with Crippen molar-refractivity contribution in [1.82, 2.24) is 25.4 Å². The first-order valence-corrected chi connectivity index (χ1v) is 8.16. The summed E-state index contributed by atoms with van der Waals surface area (Å²) in [5, 5.41) is 16.2. The molecule has 1 aromatic carbocycles. The van der Waals surface area contributed by atoms with Crippen LogP contribution in [0, 0.1) is 0 Å². The van der Waals surface area contributed by atoms with Gasteiger partial charge in [-0.1, -0.05) is 12.1 Å². The van der Waals surface area contributed by atoms with E-state index in [1.165, 1.54) is 0 Å². The summed E-state index contributed by atoms with van der Waals surface area (Å²) in [5.41, 5.74) is 1.86. The Kier molecular flexibility index (Phi) is 4.40. The van der Waals surface area contributed by atoms with E-state index in [0.717, 1.165) is 11.3 Å². The Bertz CT molecular complexity index is 1030. The Morgan fingerprint density at radius 2 is 2.04 bits per heavy atom. The second kappa shape index (κ2) is 7.16. The summed E-state index contributed by atoms with van der Waals surface area (Å²) in [6.07, 6.45) is 2.10. The number of nitrogens with one attached hydrogen (secondary N) is 3. The monoisotopic (exact) mass is 364 g/mol. The molecule has 136 valence electrons. The van der Waals surface area contributed by atoms with Gasteiger partial charge >= 0.3 is 0 Å². The first kappa shape index (κ1) is 16.6. The van der Waals surface area contributed by atoms with Gasteiger partial charge in [-0.2, -0.15) is 10.1 Å². The minimum absolute atomic E-state index is 0.186. The van der Waals surface area contributed by atoms with Gasteiger partial charge in [-0.25, -0.2) is 0 Å². The van der Waals surface area contributed by atoms with Crippen molar-refractivity contribution >= 4 is 11.9 Å². The average Bonchev–Trinajstić information content (AvgIpc) is 3.44. The Labute approximate surface area is 153 Å². The quantitative estimate of drug-likeness (QED) is 0.483. The molecule has 0 aliphatic carbocycles. The number of nitrogens with zero attached hydrogens (tertiary/aromatic N) is 3. The highest BCUT2D eigenvalue weighted by molar-refractivity contribution is 6.02. The van der Waals surface area contributed by atoms with Crippen molar-refractivity contribution in [2.75, 3.05) is 12.4 Å². The van der Waals surface area contributed by atoms with Crippen molar-refractivity contribution < 1.29 is 13.9 Å².